The summed E-state index contributed by atoms with van der Waals surface area (Å²) < 4.78 is 11.1. The Bertz CT molecular complexity index is 883. The highest BCUT2D eigenvalue weighted by Gasteiger charge is 2.17. The van der Waals surface area contributed by atoms with E-state index in [0.717, 1.165) is 28.7 Å². The van der Waals surface area contributed by atoms with Crippen molar-refractivity contribution in [3.05, 3.63) is 53.1 Å². The lowest BCUT2D eigenvalue weighted by Gasteiger charge is -2.20. The molecule has 2 N–H and O–H groups in total. The lowest BCUT2D eigenvalue weighted by atomic mass is 9.96. The Labute approximate surface area is 171 Å². The van der Waals surface area contributed by atoms with Crippen LogP contribution >= 0.6 is 0 Å². The standard InChI is InChI=1S/C23H29NO5/c1-6-11-28-20-10-9-16(19-13-17(21(25)26)8-7-15(19)2)12-18(20)14-24-22(27)29-23(3,4)5/h7-10,12-13H,6,11,14H2,1-5H3,(H,24,27)(H,25,26). The van der Waals surface area contributed by atoms with E-state index in [9.17, 15) is 14.7 Å². The summed E-state index contributed by atoms with van der Waals surface area (Å²) in [4.78, 5) is 23.4. The number of aryl methyl sites for hydroxylation is 1. The summed E-state index contributed by atoms with van der Waals surface area (Å²) in [5.74, 6) is -0.292. The first-order valence-electron chi connectivity index (χ1n) is 9.67. The molecule has 6 heteroatoms. The van der Waals surface area contributed by atoms with Crippen molar-refractivity contribution in [3.63, 3.8) is 0 Å². The molecule has 29 heavy (non-hydrogen) atoms. The van der Waals surface area contributed by atoms with Crippen LogP contribution in [0.15, 0.2) is 36.4 Å². The average molecular weight is 399 g/mol. The molecule has 1 amide bonds. The van der Waals surface area contributed by atoms with E-state index in [1.807, 2.05) is 32.0 Å². The third kappa shape index (κ3) is 6.52. The maximum Gasteiger partial charge on any atom is 0.407 e. The van der Waals surface area contributed by atoms with Gasteiger partial charge in [-0.05, 0) is 75.1 Å². The summed E-state index contributed by atoms with van der Waals surface area (Å²) in [5, 5.41) is 12.1. The molecule has 2 aromatic carbocycles. The zero-order chi connectivity index (χ0) is 21.6. The van der Waals surface area contributed by atoms with E-state index in [2.05, 4.69) is 5.32 Å². The van der Waals surface area contributed by atoms with Crippen molar-refractivity contribution >= 4 is 12.1 Å². The topological polar surface area (TPSA) is 84.9 Å². The Kier molecular flexibility index (Phi) is 7.26. The smallest absolute Gasteiger partial charge is 0.407 e. The number of ether oxygens (including phenoxy) is 2. The number of amides is 1. The van der Waals surface area contributed by atoms with E-state index >= 15 is 0 Å². The minimum Gasteiger partial charge on any atom is -0.493 e. The van der Waals surface area contributed by atoms with Gasteiger partial charge in [-0.3, -0.25) is 0 Å². The summed E-state index contributed by atoms with van der Waals surface area (Å²) in [6.07, 6.45) is 0.355. The number of carboxylic acids is 1. The first-order valence-corrected chi connectivity index (χ1v) is 9.67. The number of carbonyl (C=O) groups excluding carboxylic acids is 1. The molecule has 0 aliphatic heterocycles. The predicted molar refractivity (Wildman–Crippen MR) is 112 cm³/mol. The van der Waals surface area contributed by atoms with Crippen molar-refractivity contribution in [3.8, 4) is 16.9 Å². The summed E-state index contributed by atoms with van der Waals surface area (Å²) in [5.41, 5.74) is 3.08. The maximum atomic E-state index is 12.0. The van der Waals surface area contributed by atoms with Gasteiger partial charge in [-0.15, -0.1) is 0 Å². The first kappa shape index (κ1) is 22.3. The second-order valence-electron chi connectivity index (χ2n) is 7.86. The van der Waals surface area contributed by atoms with E-state index < -0.39 is 17.7 Å². The van der Waals surface area contributed by atoms with Gasteiger partial charge in [-0.1, -0.05) is 19.1 Å². The molecule has 0 spiro atoms. The summed E-state index contributed by atoms with van der Waals surface area (Å²) in [6.45, 7) is 10.2. The maximum absolute atomic E-state index is 12.0. The van der Waals surface area contributed by atoms with Crippen LogP contribution in [0.1, 0.15) is 55.6 Å². The van der Waals surface area contributed by atoms with Crippen LogP contribution in [0.25, 0.3) is 11.1 Å². The van der Waals surface area contributed by atoms with Gasteiger partial charge in [-0.25, -0.2) is 9.59 Å². The van der Waals surface area contributed by atoms with Crippen LogP contribution in [0.5, 0.6) is 5.75 Å². The summed E-state index contributed by atoms with van der Waals surface area (Å²) in [6, 6.07) is 10.7. The molecular weight excluding hydrogens is 370 g/mol. The second-order valence-corrected chi connectivity index (χ2v) is 7.86. The number of hydrogen-bond donors (Lipinski definition) is 2. The monoisotopic (exact) mass is 399 g/mol. The van der Waals surface area contributed by atoms with Crippen molar-refractivity contribution in [2.45, 2.75) is 53.2 Å². The molecule has 0 bridgehead atoms. The number of carboxylic acid groups (broad SMARTS) is 1. The van der Waals surface area contributed by atoms with Crippen LogP contribution in [0.2, 0.25) is 0 Å². The Morgan fingerprint density at radius 1 is 1.10 bits per heavy atom. The fraction of sp³-hybridized carbons (Fsp3) is 0.391. The van der Waals surface area contributed by atoms with E-state index in [1.54, 1.807) is 39.0 Å². The molecule has 0 radical (unpaired) electrons. The molecule has 6 nitrogen and oxygen atoms in total. The molecule has 0 heterocycles. The SMILES string of the molecule is CCCOc1ccc(-c2cc(C(=O)O)ccc2C)cc1CNC(=O)OC(C)(C)C. The summed E-state index contributed by atoms with van der Waals surface area (Å²) in [7, 11) is 0. The van der Waals surface area contributed by atoms with Gasteiger partial charge >= 0.3 is 12.1 Å². The number of nitrogens with one attached hydrogen (secondary N) is 1. The third-order valence-corrected chi connectivity index (χ3v) is 4.14. The van der Waals surface area contributed by atoms with E-state index in [-0.39, 0.29) is 12.1 Å². The zero-order valence-corrected chi connectivity index (χ0v) is 17.7. The molecule has 0 unspecified atom stereocenters. The molecule has 0 aromatic heterocycles. The Balaban J connectivity index is 2.34. The van der Waals surface area contributed by atoms with Gasteiger partial charge in [0.1, 0.15) is 11.4 Å². The lowest BCUT2D eigenvalue weighted by molar-refractivity contribution is 0.0522. The Hall–Kier alpha value is -3.02. The van der Waals surface area contributed by atoms with Crippen LogP contribution in [-0.2, 0) is 11.3 Å². The molecule has 0 saturated heterocycles. The molecule has 0 aliphatic rings. The summed E-state index contributed by atoms with van der Waals surface area (Å²) >= 11 is 0. The molecule has 2 rings (SSSR count). The number of carbonyl (C=O) groups is 2. The molecule has 0 fully saturated rings. The quantitative estimate of drug-likeness (QED) is 0.671. The van der Waals surface area contributed by atoms with Crippen LogP contribution in [0.4, 0.5) is 4.79 Å². The van der Waals surface area contributed by atoms with E-state index in [4.69, 9.17) is 9.47 Å². The number of aromatic carboxylic acids is 1. The van der Waals surface area contributed by atoms with Gasteiger partial charge in [0.2, 0.25) is 0 Å². The highest BCUT2D eigenvalue weighted by Crippen LogP contribution is 2.30. The van der Waals surface area contributed by atoms with Gasteiger partial charge < -0.3 is 19.9 Å². The fourth-order valence-electron chi connectivity index (χ4n) is 2.79. The van der Waals surface area contributed by atoms with Crippen LogP contribution < -0.4 is 10.1 Å². The zero-order valence-electron chi connectivity index (χ0n) is 17.7. The normalized spacial score (nSPS) is 11.1. The Morgan fingerprint density at radius 2 is 1.83 bits per heavy atom. The van der Waals surface area contributed by atoms with Crippen LogP contribution in [-0.4, -0.2) is 29.4 Å². The number of alkyl carbamates (subject to hydrolysis) is 1. The molecule has 156 valence electrons. The molecule has 2 aromatic rings. The average Bonchev–Trinajstić information content (AvgIpc) is 2.64. The van der Waals surface area contributed by atoms with Crippen molar-refractivity contribution in [2.75, 3.05) is 6.61 Å². The fourth-order valence-corrected chi connectivity index (χ4v) is 2.79. The van der Waals surface area contributed by atoms with E-state index in [1.165, 1.54) is 0 Å². The Morgan fingerprint density at radius 3 is 2.45 bits per heavy atom. The molecule has 0 aliphatic carbocycles. The van der Waals surface area contributed by atoms with Gasteiger partial charge in [-0.2, -0.15) is 0 Å². The van der Waals surface area contributed by atoms with Gasteiger partial charge in [0.15, 0.2) is 0 Å². The van der Waals surface area contributed by atoms with Crippen LogP contribution in [0, 0.1) is 6.92 Å². The number of hydrogen-bond acceptors (Lipinski definition) is 4. The largest absolute Gasteiger partial charge is 0.493 e. The highest BCUT2D eigenvalue weighted by molar-refractivity contribution is 5.90. The van der Waals surface area contributed by atoms with Gasteiger partial charge in [0, 0.05) is 12.1 Å². The molecular formula is C23H29NO5. The van der Waals surface area contributed by atoms with Crippen molar-refractivity contribution in [2.24, 2.45) is 0 Å². The first-order chi connectivity index (χ1) is 13.6. The van der Waals surface area contributed by atoms with Gasteiger partial charge in [0.25, 0.3) is 0 Å². The third-order valence-electron chi connectivity index (χ3n) is 4.14. The van der Waals surface area contributed by atoms with E-state index in [0.29, 0.717) is 12.4 Å². The lowest BCUT2D eigenvalue weighted by Crippen LogP contribution is -2.32. The van der Waals surface area contributed by atoms with Crippen molar-refractivity contribution < 1.29 is 24.2 Å². The minimum absolute atomic E-state index is 0.227. The highest BCUT2D eigenvalue weighted by atomic mass is 16.6. The second kappa shape index (κ2) is 9.45. The number of rotatable bonds is 7. The van der Waals surface area contributed by atoms with Crippen molar-refractivity contribution in [1.82, 2.24) is 5.32 Å². The van der Waals surface area contributed by atoms with Gasteiger partial charge in [0.05, 0.1) is 12.2 Å². The van der Waals surface area contributed by atoms with Crippen molar-refractivity contribution in [1.29, 1.82) is 0 Å². The van der Waals surface area contributed by atoms with Crippen LogP contribution in [0.3, 0.4) is 0 Å². The minimum atomic E-state index is -0.971. The number of benzene rings is 2. The molecule has 0 saturated carbocycles. The molecule has 0 atom stereocenters. The predicted octanol–water partition coefficient (Wildman–Crippen LogP) is 5.17.